The van der Waals surface area contributed by atoms with E-state index in [4.69, 9.17) is 18.7 Å². The van der Waals surface area contributed by atoms with Gasteiger partial charge in [0.2, 0.25) is 5.82 Å². The molecule has 0 radical (unpaired) electrons. The maximum absolute atomic E-state index is 13.9. The second-order valence-corrected chi connectivity index (χ2v) is 9.86. The molecule has 31 heavy (non-hydrogen) atoms. The minimum Gasteiger partial charge on any atom is -0.390 e. The molecular formula is C17H26FN4O8P. The van der Waals surface area contributed by atoms with Crippen molar-refractivity contribution in [2.24, 2.45) is 0 Å². The summed E-state index contributed by atoms with van der Waals surface area (Å²) in [5.41, 5.74) is -1.98. The highest BCUT2D eigenvalue weighted by Gasteiger charge is 2.43. The van der Waals surface area contributed by atoms with Crippen LogP contribution in [0.5, 0.6) is 0 Å². The molecule has 0 spiro atoms. The molecular weight excluding hydrogens is 438 g/mol. The fourth-order valence-corrected chi connectivity index (χ4v) is 6.20. The Morgan fingerprint density at radius 2 is 1.71 bits per heavy atom. The smallest absolute Gasteiger partial charge is 0.346 e. The van der Waals surface area contributed by atoms with Gasteiger partial charge in [-0.1, -0.05) is 0 Å². The average Bonchev–Trinajstić information content (AvgIpc) is 3.16. The number of nitrogens with zero attached hydrogens (tertiary/aromatic N) is 3. The molecule has 3 aliphatic rings. The van der Waals surface area contributed by atoms with E-state index < -0.39 is 43.2 Å². The van der Waals surface area contributed by atoms with Gasteiger partial charge in [0.15, 0.2) is 0 Å². The third kappa shape index (κ3) is 4.83. The Labute approximate surface area is 177 Å². The maximum atomic E-state index is 13.9. The molecule has 0 amide bonds. The fraction of sp³-hybridized carbons (Fsp3) is 0.765. The van der Waals surface area contributed by atoms with Gasteiger partial charge in [-0.05, 0) is 0 Å². The number of aliphatic hydroxyl groups excluding tert-OH is 1. The molecule has 3 fully saturated rings. The average molecular weight is 464 g/mol. The van der Waals surface area contributed by atoms with Gasteiger partial charge in [0.05, 0.1) is 45.3 Å². The largest absolute Gasteiger partial charge is 0.390 e. The summed E-state index contributed by atoms with van der Waals surface area (Å²) in [4.78, 5) is 25.1. The molecule has 1 aromatic heterocycles. The molecule has 0 aromatic carbocycles. The Bertz CT molecular complexity index is 907. The monoisotopic (exact) mass is 464 g/mol. The zero-order valence-corrected chi connectivity index (χ0v) is 17.7. The molecule has 1 aromatic rings. The summed E-state index contributed by atoms with van der Waals surface area (Å²) in [6.07, 6.45) is -2.18. The van der Waals surface area contributed by atoms with Crippen molar-refractivity contribution < 1.29 is 32.8 Å². The molecule has 0 bridgehead atoms. The van der Waals surface area contributed by atoms with E-state index in [1.807, 2.05) is 4.98 Å². The zero-order chi connectivity index (χ0) is 22.0. The summed E-state index contributed by atoms with van der Waals surface area (Å²) in [5.74, 6) is -1.14. The van der Waals surface area contributed by atoms with Crippen molar-refractivity contribution in [3.63, 3.8) is 0 Å². The first kappa shape index (κ1) is 22.7. The number of hydrogen-bond acceptors (Lipinski definition) is 8. The molecule has 3 aliphatic heterocycles. The Morgan fingerprint density at radius 3 is 2.29 bits per heavy atom. The number of aromatic nitrogens is 2. The Balaban J connectivity index is 1.47. The van der Waals surface area contributed by atoms with Gasteiger partial charge in [0, 0.05) is 32.6 Å². The number of ether oxygens (including phenoxy) is 3. The molecule has 2 N–H and O–H groups in total. The summed E-state index contributed by atoms with van der Waals surface area (Å²) in [7, 11) is -3.43. The van der Waals surface area contributed by atoms with Gasteiger partial charge in [-0.3, -0.25) is 18.9 Å². The maximum Gasteiger partial charge on any atom is 0.346 e. The number of H-pyrrole nitrogens is 1. The van der Waals surface area contributed by atoms with Crippen molar-refractivity contribution in [1.82, 2.24) is 18.9 Å². The fourth-order valence-electron chi connectivity index (χ4n) is 3.84. The Morgan fingerprint density at radius 1 is 1.13 bits per heavy atom. The van der Waals surface area contributed by atoms with Crippen LogP contribution in [-0.4, -0.2) is 95.4 Å². The second kappa shape index (κ2) is 9.59. The van der Waals surface area contributed by atoms with E-state index in [2.05, 4.69) is 0 Å². The van der Waals surface area contributed by atoms with E-state index >= 15 is 0 Å². The minimum atomic E-state index is -3.43. The highest BCUT2D eigenvalue weighted by atomic mass is 31.2. The summed E-state index contributed by atoms with van der Waals surface area (Å²) in [6.45, 7) is 3.31. The third-order valence-electron chi connectivity index (χ3n) is 5.54. The lowest BCUT2D eigenvalue weighted by Gasteiger charge is -2.41. The predicted octanol–water partition coefficient (Wildman–Crippen LogP) is -0.887. The predicted molar refractivity (Wildman–Crippen MR) is 104 cm³/mol. The van der Waals surface area contributed by atoms with Crippen LogP contribution < -0.4 is 11.2 Å². The van der Waals surface area contributed by atoms with Crippen LogP contribution in [0.15, 0.2) is 15.8 Å². The van der Waals surface area contributed by atoms with Crippen molar-refractivity contribution in [3.8, 4) is 0 Å². The van der Waals surface area contributed by atoms with Crippen LogP contribution in [0.1, 0.15) is 12.6 Å². The van der Waals surface area contributed by atoms with Gasteiger partial charge in [0.25, 0.3) is 5.56 Å². The molecule has 4 heterocycles. The lowest BCUT2D eigenvalue weighted by Crippen LogP contribution is -2.44. The SMILES string of the molecule is O=c1[nH]c(=O)n([C@H]2C[C@H](O)[C@@H](COP(=O)(N3CCOCC3)N3CCOCC3)O2)cc1F. The van der Waals surface area contributed by atoms with Gasteiger partial charge in [-0.25, -0.2) is 14.1 Å². The van der Waals surface area contributed by atoms with E-state index in [0.29, 0.717) is 52.6 Å². The topological polar surface area (TPSA) is 136 Å². The van der Waals surface area contributed by atoms with Gasteiger partial charge in [-0.15, -0.1) is 0 Å². The van der Waals surface area contributed by atoms with Crippen LogP contribution in [0.4, 0.5) is 4.39 Å². The van der Waals surface area contributed by atoms with E-state index in [1.165, 1.54) is 0 Å². The van der Waals surface area contributed by atoms with Gasteiger partial charge >= 0.3 is 13.4 Å². The number of hydrogen-bond donors (Lipinski definition) is 2. The standard InChI is InChI=1S/C17H26FN4O8P/c18-12-10-22(17(25)19-16(12)24)15-9-13(23)14(30-15)11-29-31(26,20-1-5-27-6-2-20)21-3-7-28-8-4-21/h10,13-15,23H,1-9,11H2,(H,19,24,25)/t13-,14+,15+/m0/s1. The lowest BCUT2D eigenvalue weighted by atomic mass is 10.2. The van der Waals surface area contributed by atoms with E-state index in [1.54, 1.807) is 9.34 Å². The van der Waals surface area contributed by atoms with Crippen LogP contribution in [-0.2, 0) is 23.3 Å². The highest BCUT2D eigenvalue weighted by Crippen LogP contribution is 2.55. The number of aliphatic hydroxyl groups is 1. The summed E-state index contributed by atoms with van der Waals surface area (Å²) in [6, 6.07) is 0. The molecule has 3 atom stereocenters. The van der Waals surface area contributed by atoms with Gasteiger partial charge in [0.1, 0.15) is 12.3 Å². The first-order valence-electron chi connectivity index (χ1n) is 10.1. The normalized spacial score (nSPS) is 28.8. The summed E-state index contributed by atoms with van der Waals surface area (Å²) in [5, 5.41) is 10.4. The molecule has 4 rings (SSSR count). The molecule has 14 heteroatoms. The number of nitrogens with one attached hydrogen (secondary N) is 1. The lowest BCUT2D eigenvalue weighted by molar-refractivity contribution is -0.0464. The third-order valence-corrected chi connectivity index (χ3v) is 8.25. The van der Waals surface area contributed by atoms with Crippen LogP contribution >= 0.6 is 7.67 Å². The van der Waals surface area contributed by atoms with Crippen molar-refractivity contribution in [2.75, 3.05) is 59.2 Å². The first-order valence-corrected chi connectivity index (χ1v) is 11.7. The molecule has 0 unspecified atom stereocenters. The summed E-state index contributed by atoms with van der Waals surface area (Å²) < 4.78 is 54.2. The number of morpholine rings is 2. The first-order chi connectivity index (χ1) is 14.9. The van der Waals surface area contributed by atoms with Crippen LogP contribution in [0.25, 0.3) is 0 Å². The van der Waals surface area contributed by atoms with Crippen molar-refractivity contribution in [2.45, 2.75) is 24.9 Å². The van der Waals surface area contributed by atoms with Crippen LogP contribution in [0.3, 0.4) is 0 Å². The molecule has 174 valence electrons. The van der Waals surface area contributed by atoms with E-state index in [9.17, 15) is 23.7 Å². The van der Waals surface area contributed by atoms with Crippen molar-refractivity contribution >= 4 is 7.67 Å². The number of rotatable bonds is 6. The quantitative estimate of drug-likeness (QED) is 0.511. The Kier molecular flexibility index (Phi) is 7.04. The van der Waals surface area contributed by atoms with Gasteiger partial charge < -0.3 is 23.8 Å². The molecule has 0 saturated carbocycles. The van der Waals surface area contributed by atoms with E-state index in [-0.39, 0.29) is 13.0 Å². The highest BCUT2D eigenvalue weighted by molar-refractivity contribution is 7.54. The van der Waals surface area contributed by atoms with Crippen molar-refractivity contribution in [3.05, 3.63) is 32.9 Å². The van der Waals surface area contributed by atoms with Gasteiger partial charge in [-0.2, -0.15) is 4.39 Å². The van der Waals surface area contributed by atoms with Crippen LogP contribution in [0.2, 0.25) is 0 Å². The van der Waals surface area contributed by atoms with E-state index in [0.717, 1.165) is 10.8 Å². The second-order valence-electron chi connectivity index (χ2n) is 7.49. The molecule has 0 aliphatic carbocycles. The summed E-state index contributed by atoms with van der Waals surface area (Å²) >= 11 is 0. The minimum absolute atomic E-state index is 0.0151. The van der Waals surface area contributed by atoms with Crippen LogP contribution in [0, 0.1) is 5.82 Å². The number of halogens is 1. The molecule has 3 saturated heterocycles. The zero-order valence-electron chi connectivity index (χ0n) is 16.9. The Hall–Kier alpha value is -1.44. The molecule has 12 nitrogen and oxygen atoms in total. The van der Waals surface area contributed by atoms with Crippen molar-refractivity contribution in [1.29, 1.82) is 0 Å². The number of aromatic amines is 1.